The first-order valence-corrected chi connectivity index (χ1v) is 10.3. The summed E-state index contributed by atoms with van der Waals surface area (Å²) in [5.74, 6) is 2.28. The minimum atomic E-state index is -0.453. The van der Waals surface area contributed by atoms with Crippen molar-refractivity contribution in [3.63, 3.8) is 0 Å². The largest absolute Gasteiger partial charge is 0.497 e. The van der Waals surface area contributed by atoms with Crippen LogP contribution in [0.3, 0.4) is 0 Å². The molecule has 0 saturated carbocycles. The number of nitrogens with zero attached hydrogens (tertiary/aromatic N) is 1. The zero-order chi connectivity index (χ0) is 20.8. The Labute approximate surface area is 176 Å². The molecule has 0 spiro atoms. The number of benzene rings is 2. The molecule has 1 saturated heterocycles. The smallest absolute Gasteiger partial charge is 0.258 e. The zero-order valence-electron chi connectivity index (χ0n) is 17.4. The fraction of sp³-hybridized carbons (Fsp3) is 0.375. The van der Waals surface area contributed by atoms with Gasteiger partial charge in [-0.15, -0.1) is 0 Å². The predicted molar refractivity (Wildman–Crippen MR) is 115 cm³/mol. The molecule has 2 aliphatic heterocycles. The van der Waals surface area contributed by atoms with E-state index in [0.717, 1.165) is 29.3 Å². The Kier molecular flexibility index (Phi) is 4.66. The molecule has 1 amide bonds. The van der Waals surface area contributed by atoms with Crippen molar-refractivity contribution in [2.45, 2.75) is 30.5 Å². The summed E-state index contributed by atoms with van der Waals surface area (Å²) >= 11 is 0. The average Bonchev–Trinajstić information content (AvgIpc) is 3.28. The van der Waals surface area contributed by atoms with Crippen LogP contribution in [0.5, 0.6) is 11.5 Å². The number of hydrogen-bond acceptors (Lipinski definition) is 5. The fourth-order valence-electron chi connectivity index (χ4n) is 5.19. The molecule has 0 bridgehead atoms. The van der Waals surface area contributed by atoms with Crippen LogP contribution in [-0.2, 0) is 9.53 Å². The number of nitrogens with one attached hydrogen (secondary N) is 1. The Morgan fingerprint density at radius 2 is 1.73 bits per heavy atom. The van der Waals surface area contributed by atoms with Gasteiger partial charge >= 0.3 is 0 Å². The Bertz CT molecular complexity index is 987. The van der Waals surface area contributed by atoms with Gasteiger partial charge in [0.25, 0.3) is 5.91 Å². The van der Waals surface area contributed by atoms with Crippen molar-refractivity contribution in [3.8, 4) is 11.5 Å². The van der Waals surface area contributed by atoms with Crippen molar-refractivity contribution in [1.29, 1.82) is 0 Å². The number of anilines is 2. The second-order valence-electron chi connectivity index (χ2n) is 8.03. The van der Waals surface area contributed by atoms with Gasteiger partial charge < -0.3 is 24.4 Å². The lowest BCUT2D eigenvalue weighted by Crippen LogP contribution is -2.73. The number of carbonyl (C=O) groups excluding carboxylic acids is 1. The molecule has 5 rings (SSSR count). The predicted octanol–water partition coefficient (Wildman–Crippen LogP) is 3.59. The third kappa shape index (κ3) is 2.78. The number of β-lactam (4-membered cyclic amide) rings is 1. The van der Waals surface area contributed by atoms with E-state index in [0.29, 0.717) is 11.8 Å². The van der Waals surface area contributed by atoms with E-state index in [9.17, 15) is 4.79 Å². The summed E-state index contributed by atoms with van der Waals surface area (Å²) in [6.45, 7) is 0. The molecular weight excluding hydrogens is 380 g/mol. The Morgan fingerprint density at radius 1 is 1.00 bits per heavy atom. The third-order valence-electron chi connectivity index (χ3n) is 6.68. The number of amides is 1. The van der Waals surface area contributed by atoms with Crippen LogP contribution in [0.1, 0.15) is 17.9 Å². The lowest BCUT2D eigenvalue weighted by atomic mass is 9.73. The van der Waals surface area contributed by atoms with E-state index in [4.69, 9.17) is 14.2 Å². The normalized spacial score (nSPS) is 29.0. The van der Waals surface area contributed by atoms with Gasteiger partial charge in [0.05, 0.1) is 26.3 Å². The fourth-order valence-corrected chi connectivity index (χ4v) is 5.19. The molecule has 2 heterocycles. The van der Waals surface area contributed by atoms with Crippen LogP contribution in [0.25, 0.3) is 0 Å². The van der Waals surface area contributed by atoms with E-state index >= 15 is 0 Å². The molecule has 3 aliphatic rings. The molecule has 6 heteroatoms. The number of carbonyl (C=O) groups is 1. The molecule has 30 heavy (non-hydrogen) atoms. The molecule has 6 nitrogen and oxygen atoms in total. The SMILES string of the molecule is COc1ccc(N2C(=O)[C@H](OC)[C@@H]2[C@@H]2Nc3ccc(OC)cc3[C@@H]3C=CC[C@H]23)cc1. The van der Waals surface area contributed by atoms with Gasteiger partial charge in [0.1, 0.15) is 11.5 Å². The lowest BCUT2D eigenvalue weighted by molar-refractivity contribution is -0.140. The van der Waals surface area contributed by atoms with Crippen LogP contribution < -0.4 is 19.7 Å². The molecule has 156 valence electrons. The maximum atomic E-state index is 12.9. The molecule has 0 radical (unpaired) electrons. The van der Waals surface area contributed by atoms with Gasteiger partial charge in [-0.25, -0.2) is 0 Å². The topological polar surface area (TPSA) is 60.0 Å². The Hall–Kier alpha value is -2.99. The van der Waals surface area contributed by atoms with Crippen LogP contribution in [0, 0.1) is 5.92 Å². The van der Waals surface area contributed by atoms with Gasteiger partial charge in [-0.3, -0.25) is 4.79 Å². The first-order valence-electron chi connectivity index (χ1n) is 10.3. The van der Waals surface area contributed by atoms with Crippen molar-refractivity contribution in [2.75, 3.05) is 31.5 Å². The van der Waals surface area contributed by atoms with E-state index in [1.807, 2.05) is 35.2 Å². The second kappa shape index (κ2) is 7.36. The number of hydrogen-bond donors (Lipinski definition) is 1. The molecule has 5 atom stereocenters. The highest BCUT2D eigenvalue weighted by atomic mass is 16.5. The number of allylic oxidation sites excluding steroid dienone is 2. The zero-order valence-corrected chi connectivity index (χ0v) is 17.4. The summed E-state index contributed by atoms with van der Waals surface area (Å²) in [6.07, 6.45) is 5.05. The average molecular weight is 406 g/mol. The van der Waals surface area contributed by atoms with E-state index in [1.54, 1.807) is 21.3 Å². The van der Waals surface area contributed by atoms with Crippen LogP contribution in [0.4, 0.5) is 11.4 Å². The Morgan fingerprint density at radius 3 is 2.43 bits per heavy atom. The van der Waals surface area contributed by atoms with E-state index < -0.39 is 6.10 Å². The van der Waals surface area contributed by atoms with Crippen molar-refractivity contribution in [1.82, 2.24) is 0 Å². The van der Waals surface area contributed by atoms with E-state index in [2.05, 4.69) is 29.6 Å². The highest BCUT2D eigenvalue weighted by Gasteiger charge is 2.56. The summed E-state index contributed by atoms with van der Waals surface area (Å²) in [7, 11) is 4.95. The van der Waals surface area contributed by atoms with Crippen LogP contribution in [0.2, 0.25) is 0 Å². The van der Waals surface area contributed by atoms with Crippen molar-refractivity contribution >= 4 is 17.3 Å². The van der Waals surface area contributed by atoms with Gasteiger partial charge in [-0.05, 0) is 60.4 Å². The van der Waals surface area contributed by atoms with Crippen LogP contribution in [0.15, 0.2) is 54.6 Å². The molecule has 0 aromatic heterocycles. The van der Waals surface area contributed by atoms with Crippen molar-refractivity contribution in [2.24, 2.45) is 5.92 Å². The highest BCUT2D eigenvalue weighted by molar-refractivity contribution is 6.05. The molecule has 1 fully saturated rings. The maximum absolute atomic E-state index is 12.9. The second-order valence-corrected chi connectivity index (χ2v) is 8.03. The number of ether oxygens (including phenoxy) is 3. The third-order valence-corrected chi connectivity index (χ3v) is 6.68. The number of fused-ring (bicyclic) bond motifs is 3. The van der Waals surface area contributed by atoms with Gasteiger partial charge in [0.2, 0.25) is 0 Å². The summed E-state index contributed by atoms with van der Waals surface area (Å²) < 4.78 is 16.3. The van der Waals surface area contributed by atoms with Gasteiger partial charge in [-0.2, -0.15) is 0 Å². The molecule has 0 unspecified atom stereocenters. The van der Waals surface area contributed by atoms with Gasteiger partial charge in [-0.1, -0.05) is 12.2 Å². The first kappa shape index (κ1) is 19.0. The van der Waals surface area contributed by atoms with Gasteiger partial charge in [0.15, 0.2) is 6.10 Å². The standard InChI is InChI=1S/C24H26N2O4/c1-28-15-9-7-14(8-10-15)26-22(23(30-3)24(26)27)21-18-6-4-5-17(18)19-13-16(29-2)11-12-20(19)25-21/h4-5,7-13,17-18,21-23,25H,6H2,1-3H3/t17-,18+,21-,22+,23-/m1/s1. The number of rotatable bonds is 5. The van der Waals surface area contributed by atoms with Crippen molar-refractivity contribution in [3.05, 3.63) is 60.2 Å². The minimum absolute atomic E-state index is 0.00231. The Balaban J connectivity index is 1.51. The molecule has 1 N–H and O–H groups in total. The van der Waals surface area contributed by atoms with Gasteiger partial charge in [0, 0.05) is 24.4 Å². The van der Waals surface area contributed by atoms with E-state index in [1.165, 1.54) is 5.56 Å². The number of methoxy groups -OCH3 is 3. The van der Waals surface area contributed by atoms with Crippen molar-refractivity contribution < 1.29 is 19.0 Å². The first-order chi connectivity index (χ1) is 14.7. The maximum Gasteiger partial charge on any atom is 0.258 e. The monoisotopic (exact) mass is 406 g/mol. The quantitative estimate of drug-likeness (QED) is 0.608. The summed E-state index contributed by atoms with van der Waals surface area (Å²) in [6, 6.07) is 13.8. The van der Waals surface area contributed by atoms with E-state index in [-0.39, 0.29) is 18.0 Å². The summed E-state index contributed by atoms with van der Waals surface area (Å²) in [5.41, 5.74) is 3.21. The highest BCUT2D eigenvalue weighted by Crippen LogP contribution is 2.49. The molecule has 2 aromatic rings. The summed E-state index contributed by atoms with van der Waals surface area (Å²) in [5, 5.41) is 3.73. The molecule has 2 aromatic carbocycles. The molecular formula is C24H26N2O4. The molecule has 1 aliphatic carbocycles. The van der Waals surface area contributed by atoms with Crippen LogP contribution in [-0.4, -0.2) is 45.4 Å². The minimum Gasteiger partial charge on any atom is -0.497 e. The van der Waals surface area contributed by atoms with Crippen LogP contribution >= 0.6 is 0 Å². The lowest BCUT2D eigenvalue weighted by Gasteiger charge is -2.53. The summed E-state index contributed by atoms with van der Waals surface area (Å²) in [4.78, 5) is 14.8.